The first-order chi connectivity index (χ1) is 18.2. The van der Waals surface area contributed by atoms with Gasteiger partial charge >= 0.3 is 0 Å². The molecular weight excluding hydrogens is 464 g/mol. The van der Waals surface area contributed by atoms with Crippen LogP contribution >= 0.6 is 0 Å². The Kier molecular flexibility index (Phi) is 5.27. The van der Waals surface area contributed by atoms with Crippen molar-refractivity contribution in [3.8, 4) is 11.1 Å². The van der Waals surface area contributed by atoms with Crippen molar-refractivity contribution < 1.29 is 4.74 Å². The van der Waals surface area contributed by atoms with Gasteiger partial charge in [0.1, 0.15) is 18.5 Å². The summed E-state index contributed by atoms with van der Waals surface area (Å²) < 4.78 is 9.72. The molecule has 0 radical (unpaired) electrons. The molecule has 5 heterocycles. The summed E-state index contributed by atoms with van der Waals surface area (Å²) >= 11 is 0. The van der Waals surface area contributed by atoms with Crippen LogP contribution in [0.1, 0.15) is 30.0 Å². The van der Waals surface area contributed by atoms with Gasteiger partial charge in [0.05, 0.1) is 18.6 Å². The number of nitrogens with zero attached hydrogens (tertiary/aromatic N) is 7. The van der Waals surface area contributed by atoms with Crippen LogP contribution in [0, 0.1) is 0 Å². The van der Waals surface area contributed by atoms with Gasteiger partial charge < -0.3 is 15.4 Å². The van der Waals surface area contributed by atoms with Gasteiger partial charge in [-0.1, -0.05) is 42.5 Å². The molecule has 2 aliphatic rings. The molecule has 0 spiro atoms. The number of hydrogen-bond acceptors (Lipinski definition) is 7. The first-order valence-corrected chi connectivity index (χ1v) is 12.8. The Morgan fingerprint density at radius 1 is 1.08 bits per heavy atom. The lowest BCUT2D eigenvalue weighted by Crippen LogP contribution is -2.39. The fraction of sp³-hybridized carbons (Fsp3) is 0.286. The predicted molar refractivity (Wildman–Crippen MR) is 143 cm³/mol. The molecule has 0 aliphatic carbocycles. The average molecular weight is 493 g/mol. The van der Waals surface area contributed by atoms with E-state index in [4.69, 9.17) is 15.6 Å². The van der Waals surface area contributed by atoms with Crippen LogP contribution in [0.15, 0.2) is 72.1 Å². The van der Waals surface area contributed by atoms with Crippen LogP contribution in [-0.4, -0.2) is 61.5 Å². The van der Waals surface area contributed by atoms with Crippen LogP contribution in [0.25, 0.3) is 27.5 Å². The molecule has 186 valence electrons. The summed E-state index contributed by atoms with van der Waals surface area (Å²) in [5.41, 5.74) is 12.7. The highest BCUT2D eigenvalue weighted by atomic mass is 16.5. The molecule has 2 aromatic carbocycles. The molecule has 2 N–H and O–H groups in total. The Bertz CT molecular complexity index is 1620. The van der Waals surface area contributed by atoms with Gasteiger partial charge in [-0.25, -0.2) is 14.5 Å². The standard InChI is InChI=1S/C28H28N8O/c29-27-26-23(20-8-9-21-17-35(33-24(21)13-20)15-19-5-2-1-3-6-19)14-25(36(26)32-18-31-27)22-7-4-11-34(16-22)28-30-10-12-37-28/h1-3,5-6,8-9,13-14,17-18,22H,4,7,10-12,15-16H2,(H2,29,31,32). The van der Waals surface area contributed by atoms with Gasteiger partial charge in [-0.05, 0) is 36.1 Å². The summed E-state index contributed by atoms with van der Waals surface area (Å²) in [6.07, 6.45) is 5.77. The lowest BCUT2D eigenvalue weighted by molar-refractivity contribution is 0.224. The number of piperidine rings is 1. The Morgan fingerprint density at radius 2 is 2.00 bits per heavy atom. The number of rotatable bonds is 4. The molecule has 1 saturated heterocycles. The van der Waals surface area contributed by atoms with E-state index in [2.05, 4.69) is 74.7 Å². The van der Waals surface area contributed by atoms with Crippen LogP contribution in [0.3, 0.4) is 0 Å². The molecule has 9 heteroatoms. The fourth-order valence-electron chi connectivity index (χ4n) is 5.60. The number of amidine groups is 1. The lowest BCUT2D eigenvalue weighted by atomic mass is 9.94. The normalized spacial score (nSPS) is 17.9. The van der Waals surface area contributed by atoms with Crippen molar-refractivity contribution in [2.75, 3.05) is 32.0 Å². The number of aromatic nitrogens is 5. The first-order valence-electron chi connectivity index (χ1n) is 12.8. The second-order valence-electron chi connectivity index (χ2n) is 9.77. The number of aliphatic imine (C=N–C) groups is 1. The minimum atomic E-state index is 0.282. The Labute approximate surface area is 214 Å². The van der Waals surface area contributed by atoms with E-state index in [0.29, 0.717) is 12.4 Å². The zero-order chi connectivity index (χ0) is 24.8. The van der Waals surface area contributed by atoms with Crippen LogP contribution < -0.4 is 5.73 Å². The second kappa shape index (κ2) is 8.92. The van der Waals surface area contributed by atoms with Gasteiger partial charge in [0.2, 0.25) is 0 Å². The molecule has 0 amide bonds. The van der Waals surface area contributed by atoms with E-state index in [1.807, 2.05) is 15.3 Å². The van der Waals surface area contributed by atoms with Gasteiger partial charge in [0.25, 0.3) is 6.02 Å². The number of hydrogen-bond donors (Lipinski definition) is 1. The van der Waals surface area contributed by atoms with Crippen LogP contribution in [0.5, 0.6) is 0 Å². The van der Waals surface area contributed by atoms with E-state index >= 15 is 0 Å². The highest BCUT2D eigenvalue weighted by Crippen LogP contribution is 2.37. The topological polar surface area (TPSA) is 98.9 Å². The Hall–Kier alpha value is -4.40. The number of benzene rings is 2. The smallest absolute Gasteiger partial charge is 0.287 e. The number of fused-ring (bicyclic) bond motifs is 2. The van der Waals surface area contributed by atoms with Crippen LogP contribution in [0.2, 0.25) is 0 Å². The first kappa shape index (κ1) is 21.8. The van der Waals surface area contributed by atoms with E-state index in [1.165, 1.54) is 11.9 Å². The molecule has 3 aromatic heterocycles. The number of nitrogen functional groups attached to an aromatic ring is 1. The summed E-state index contributed by atoms with van der Waals surface area (Å²) in [5, 5.41) is 10.6. The third-order valence-corrected chi connectivity index (χ3v) is 7.34. The summed E-state index contributed by atoms with van der Waals surface area (Å²) in [6, 6.07) is 19.8. The third-order valence-electron chi connectivity index (χ3n) is 7.34. The number of anilines is 1. The SMILES string of the molecule is Nc1ncnn2c(C3CCCN(C4=NCCO4)C3)cc(-c3ccc4cn(Cc5ccccc5)nc4c3)c12. The Morgan fingerprint density at radius 3 is 2.86 bits per heavy atom. The van der Waals surface area contributed by atoms with E-state index < -0.39 is 0 Å². The molecule has 0 bridgehead atoms. The maximum Gasteiger partial charge on any atom is 0.287 e. The zero-order valence-corrected chi connectivity index (χ0v) is 20.5. The second-order valence-corrected chi connectivity index (χ2v) is 9.77. The molecule has 2 aliphatic heterocycles. The third kappa shape index (κ3) is 3.96. The zero-order valence-electron chi connectivity index (χ0n) is 20.5. The lowest BCUT2D eigenvalue weighted by Gasteiger charge is -2.32. The summed E-state index contributed by atoms with van der Waals surface area (Å²) in [7, 11) is 0. The van der Waals surface area contributed by atoms with E-state index in [-0.39, 0.29) is 5.92 Å². The quantitative estimate of drug-likeness (QED) is 0.408. The van der Waals surface area contributed by atoms with E-state index in [9.17, 15) is 0 Å². The minimum absolute atomic E-state index is 0.282. The molecule has 5 aromatic rings. The van der Waals surface area contributed by atoms with Crippen molar-refractivity contribution in [3.05, 3.63) is 78.4 Å². The van der Waals surface area contributed by atoms with Crippen LogP contribution in [-0.2, 0) is 11.3 Å². The molecule has 1 atom stereocenters. The maximum absolute atomic E-state index is 6.43. The molecule has 0 saturated carbocycles. The van der Waals surface area contributed by atoms with Gasteiger partial charge in [0, 0.05) is 41.8 Å². The highest BCUT2D eigenvalue weighted by Gasteiger charge is 2.29. The molecule has 37 heavy (non-hydrogen) atoms. The maximum atomic E-state index is 6.43. The number of ether oxygens (including phenoxy) is 1. The minimum Gasteiger partial charge on any atom is -0.463 e. The fourth-order valence-corrected chi connectivity index (χ4v) is 5.60. The van der Waals surface area contributed by atoms with Crippen molar-refractivity contribution in [2.45, 2.75) is 25.3 Å². The average Bonchev–Trinajstić information content (AvgIpc) is 3.68. The predicted octanol–water partition coefficient (Wildman–Crippen LogP) is 3.94. The highest BCUT2D eigenvalue weighted by molar-refractivity contribution is 5.92. The van der Waals surface area contributed by atoms with Crippen molar-refractivity contribution in [3.63, 3.8) is 0 Å². The largest absolute Gasteiger partial charge is 0.463 e. The summed E-state index contributed by atoms with van der Waals surface area (Å²) in [5.74, 6) is 0.757. The molecule has 7 rings (SSSR count). The van der Waals surface area contributed by atoms with Gasteiger partial charge in [-0.2, -0.15) is 10.2 Å². The van der Waals surface area contributed by atoms with E-state index in [0.717, 1.165) is 78.3 Å². The van der Waals surface area contributed by atoms with Gasteiger partial charge in [0.15, 0.2) is 5.82 Å². The molecule has 1 fully saturated rings. The molecule has 1 unspecified atom stereocenters. The molecular formula is C28H28N8O. The Balaban J connectivity index is 1.26. The summed E-state index contributed by atoms with van der Waals surface area (Å²) in [6.45, 7) is 3.95. The van der Waals surface area contributed by atoms with Crippen LogP contribution in [0.4, 0.5) is 5.82 Å². The van der Waals surface area contributed by atoms with Crippen molar-refractivity contribution >= 4 is 28.3 Å². The summed E-state index contributed by atoms with van der Waals surface area (Å²) in [4.78, 5) is 11.1. The van der Waals surface area contributed by atoms with Crippen molar-refractivity contribution in [1.29, 1.82) is 0 Å². The monoisotopic (exact) mass is 492 g/mol. The van der Waals surface area contributed by atoms with Crippen molar-refractivity contribution in [2.24, 2.45) is 4.99 Å². The van der Waals surface area contributed by atoms with E-state index in [1.54, 1.807) is 0 Å². The number of likely N-dealkylation sites (tertiary alicyclic amines) is 1. The number of nitrogens with two attached hydrogens (primary N) is 1. The molecule has 9 nitrogen and oxygen atoms in total. The van der Waals surface area contributed by atoms with Crippen molar-refractivity contribution in [1.82, 2.24) is 29.3 Å². The van der Waals surface area contributed by atoms with Gasteiger partial charge in [-0.3, -0.25) is 4.68 Å². The van der Waals surface area contributed by atoms with Gasteiger partial charge in [-0.15, -0.1) is 0 Å².